The Kier molecular flexibility index (Phi) is 4.68. The van der Waals surface area contributed by atoms with E-state index in [2.05, 4.69) is 20.8 Å². The van der Waals surface area contributed by atoms with Crippen LogP contribution in [0.3, 0.4) is 0 Å². The predicted octanol–water partition coefficient (Wildman–Crippen LogP) is 5.25. The molecular formula is C22H26O3. The summed E-state index contributed by atoms with van der Waals surface area (Å²) in [4.78, 5) is 23.6. The van der Waals surface area contributed by atoms with Crippen molar-refractivity contribution in [3.63, 3.8) is 0 Å². The molecule has 2 aromatic carbocycles. The molecule has 1 aliphatic rings. The molecule has 0 heterocycles. The maximum atomic E-state index is 12.4. The second-order valence-corrected chi connectivity index (χ2v) is 8.30. The summed E-state index contributed by atoms with van der Waals surface area (Å²) >= 11 is 0. The van der Waals surface area contributed by atoms with Gasteiger partial charge in [0.05, 0.1) is 0 Å². The monoisotopic (exact) mass is 338 g/mol. The molecule has 2 aromatic rings. The summed E-state index contributed by atoms with van der Waals surface area (Å²) in [5.74, 6) is 0.377. The van der Waals surface area contributed by atoms with Gasteiger partial charge < -0.3 is 5.11 Å². The lowest BCUT2D eigenvalue weighted by atomic mass is 9.68. The molecular weight excluding hydrogens is 312 g/mol. The molecule has 0 aliphatic heterocycles. The highest BCUT2D eigenvalue weighted by molar-refractivity contribution is 6.37. The topological polar surface area (TPSA) is 54.4 Å². The highest BCUT2D eigenvalue weighted by Gasteiger charge is 2.33. The van der Waals surface area contributed by atoms with Gasteiger partial charge in [-0.25, -0.2) is 0 Å². The second kappa shape index (κ2) is 6.62. The summed E-state index contributed by atoms with van der Waals surface area (Å²) in [6.07, 6.45) is 4.40. The van der Waals surface area contributed by atoms with E-state index in [1.54, 1.807) is 6.07 Å². The van der Waals surface area contributed by atoms with Crippen LogP contribution in [0.25, 0.3) is 10.8 Å². The van der Waals surface area contributed by atoms with Crippen molar-refractivity contribution in [3.8, 4) is 5.75 Å². The number of phenols is 1. The van der Waals surface area contributed by atoms with E-state index >= 15 is 0 Å². The average molecular weight is 338 g/mol. The number of benzene rings is 2. The molecule has 0 bridgehead atoms. The summed E-state index contributed by atoms with van der Waals surface area (Å²) in [6.45, 7) is 6.81. The van der Waals surface area contributed by atoms with Crippen LogP contribution in [0.1, 0.15) is 68.3 Å². The zero-order chi connectivity index (χ0) is 18.2. The molecule has 1 aliphatic carbocycles. The van der Waals surface area contributed by atoms with Gasteiger partial charge in [-0.1, -0.05) is 45.0 Å². The van der Waals surface area contributed by atoms with E-state index in [0.29, 0.717) is 23.3 Å². The van der Waals surface area contributed by atoms with Crippen LogP contribution in [-0.4, -0.2) is 17.2 Å². The first-order chi connectivity index (χ1) is 11.8. The van der Waals surface area contributed by atoms with Crippen LogP contribution in [0.2, 0.25) is 0 Å². The van der Waals surface area contributed by atoms with Crippen molar-refractivity contribution in [2.24, 2.45) is 11.3 Å². The lowest BCUT2D eigenvalue weighted by Crippen LogP contribution is -2.26. The van der Waals surface area contributed by atoms with Crippen molar-refractivity contribution in [2.75, 3.05) is 0 Å². The molecule has 3 heteroatoms. The van der Waals surface area contributed by atoms with Crippen molar-refractivity contribution < 1.29 is 14.7 Å². The zero-order valence-electron chi connectivity index (χ0n) is 15.2. The van der Waals surface area contributed by atoms with Crippen molar-refractivity contribution in [1.82, 2.24) is 0 Å². The maximum Gasteiger partial charge on any atom is 0.226 e. The number of phenolic OH excluding ortho intramolecular Hbond substituents is 1. The van der Waals surface area contributed by atoms with Gasteiger partial charge in [0.2, 0.25) is 5.78 Å². The standard InChI is InChI=1S/C22H26O3/c1-22(2,3)16-10-8-14(9-11-16)20-18(24)12-15-6-4-5-7-17(15)21(20)19(25)13-23/h4-7,12-14,16,24H,8-11H2,1-3H3. The molecule has 0 atom stereocenters. The van der Waals surface area contributed by atoms with Crippen molar-refractivity contribution in [1.29, 1.82) is 0 Å². The van der Waals surface area contributed by atoms with Crippen molar-refractivity contribution >= 4 is 22.8 Å². The van der Waals surface area contributed by atoms with Gasteiger partial charge in [0.15, 0.2) is 6.29 Å². The number of aromatic hydroxyl groups is 1. The molecule has 1 N–H and O–H groups in total. The fraction of sp³-hybridized carbons (Fsp3) is 0.455. The number of aldehydes is 1. The Bertz CT molecular complexity index is 806. The smallest absolute Gasteiger partial charge is 0.226 e. The zero-order valence-corrected chi connectivity index (χ0v) is 15.2. The number of carbonyl (C=O) groups is 2. The van der Waals surface area contributed by atoms with Gasteiger partial charge in [-0.15, -0.1) is 0 Å². The highest BCUT2D eigenvalue weighted by atomic mass is 16.3. The molecule has 0 amide bonds. The molecule has 0 saturated heterocycles. The largest absolute Gasteiger partial charge is 0.508 e. The van der Waals surface area contributed by atoms with Crippen LogP contribution in [-0.2, 0) is 4.79 Å². The first-order valence-corrected chi connectivity index (χ1v) is 9.07. The minimum absolute atomic E-state index is 0.127. The second-order valence-electron chi connectivity index (χ2n) is 8.30. The van der Waals surface area contributed by atoms with E-state index in [4.69, 9.17) is 0 Å². The number of fused-ring (bicyclic) bond motifs is 1. The highest BCUT2D eigenvalue weighted by Crippen LogP contribution is 2.47. The van der Waals surface area contributed by atoms with E-state index < -0.39 is 5.78 Å². The Hall–Kier alpha value is -2.16. The quantitative estimate of drug-likeness (QED) is 0.472. The van der Waals surface area contributed by atoms with Gasteiger partial charge in [0, 0.05) is 11.1 Å². The lowest BCUT2D eigenvalue weighted by Gasteiger charge is -2.37. The Morgan fingerprint density at radius 3 is 2.36 bits per heavy atom. The Balaban J connectivity index is 2.06. The van der Waals surface area contributed by atoms with Crippen molar-refractivity contribution in [2.45, 2.75) is 52.4 Å². The summed E-state index contributed by atoms with van der Waals surface area (Å²) in [5, 5.41) is 12.2. The molecule has 25 heavy (non-hydrogen) atoms. The molecule has 1 saturated carbocycles. The van der Waals surface area contributed by atoms with Gasteiger partial charge in [-0.3, -0.25) is 9.59 Å². The predicted molar refractivity (Wildman–Crippen MR) is 100 cm³/mol. The van der Waals surface area contributed by atoms with E-state index in [1.807, 2.05) is 24.3 Å². The van der Waals surface area contributed by atoms with E-state index in [9.17, 15) is 14.7 Å². The van der Waals surface area contributed by atoms with Gasteiger partial charge in [0.1, 0.15) is 5.75 Å². The molecule has 132 valence electrons. The lowest BCUT2D eigenvalue weighted by molar-refractivity contribution is -0.104. The maximum absolute atomic E-state index is 12.4. The first-order valence-electron chi connectivity index (χ1n) is 9.07. The minimum Gasteiger partial charge on any atom is -0.508 e. The van der Waals surface area contributed by atoms with Gasteiger partial charge in [-0.2, -0.15) is 0 Å². The first kappa shape index (κ1) is 17.7. The SMILES string of the molecule is CC(C)(C)C1CCC(c2c(O)cc3ccccc3c2C(=O)C=O)CC1. The third-order valence-corrected chi connectivity index (χ3v) is 5.78. The van der Waals surface area contributed by atoms with Crippen molar-refractivity contribution in [3.05, 3.63) is 41.5 Å². The average Bonchev–Trinajstić information content (AvgIpc) is 2.59. The van der Waals surface area contributed by atoms with Crippen LogP contribution in [0.5, 0.6) is 5.75 Å². The molecule has 0 spiro atoms. The Labute approximate surface area is 149 Å². The summed E-state index contributed by atoms with van der Waals surface area (Å²) in [6, 6.07) is 9.17. The fourth-order valence-electron chi connectivity index (χ4n) is 4.33. The molecule has 1 fully saturated rings. The third-order valence-electron chi connectivity index (χ3n) is 5.78. The third kappa shape index (κ3) is 3.33. The summed E-state index contributed by atoms with van der Waals surface area (Å²) in [5.41, 5.74) is 1.34. The van der Waals surface area contributed by atoms with E-state index in [-0.39, 0.29) is 17.1 Å². The van der Waals surface area contributed by atoms with Gasteiger partial charge in [-0.05, 0) is 59.8 Å². The fourth-order valence-corrected chi connectivity index (χ4v) is 4.33. The summed E-state index contributed by atoms with van der Waals surface area (Å²) < 4.78 is 0. The Morgan fingerprint density at radius 2 is 1.76 bits per heavy atom. The Morgan fingerprint density at radius 1 is 1.12 bits per heavy atom. The van der Waals surface area contributed by atoms with Crippen LogP contribution < -0.4 is 0 Å². The molecule has 3 rings (SSSR count). The van der Waals surface area contributed by atoms with Gasteiger partial charge in [0.25, 0.3) is 0 Å². The molecule has 0 aromatic heterocycles. The van der Waals surface area contributed by atoms with Crippen LogP contribution in [0, 0.1) is 11.3 Å². The molecule has 3 nitrogen and oxygen atoms in total. The van der Waals surface area contributed by atoms with Gasteiger partial charge >= 0.3 is 0 Å². The number of Topliss-reactive ketones (excluding diaryl/α,β-unsaturated/α-hetero) is 1. The number of hydrogen-bond acceptors (Lipinski definition) is 3. The van der Waals surface area contributed by atoms with Crippen LogP contribution in [0.15, 0.2) is 30.3 Å². The number of carbonyl (C=O) groups excluding carboxylic acids is 2. The number of hydrogen-bond donors (Lipinski definition) is 1. The van der Waals surface area contributed by atoms with E-state index in [0.717, 1.165) is 36.5 Å². The molecule has 0 radical (unpaired) electrons. The minimum atomic E-state index is -0.542. The number of rotatable bonds is 3. The number of ketones is 1. The van der Waals surface area contributed by atoms with Crippen LogP contribution in [0.4, 0.5) is 0 Å². The normalized spacial score (nSPS) is 21.2. The molecule has 0 unspecified atom stereocenters. The van der Waals surface area contributed by atoms with Crippen LogP contribution >= 0.6 is 0 Å². The summed E-state index contributed by atoms with van der Waals surface area (Å²) in [7, 11) is 0. The van der Waals surface area contributed by atoms with E-state index in [1.165, 1.54) is 0 Å².